The average Bonchev–Trinajstić information content (AvgIpc) is 2.86. The molecule has 2 aromatic carbocycles. The lowest BCUT2D eigenvalue weighted by Gasteiger charge is -2.36. The predicted octanol–water partition coefficient (Wildman–Crippen LogP) is 3.53. The zero-order chi connectivity index (χ0) is 23.8. The van der Waals surface area contributed by atoms with Crippen LogP contribution in [0.15, 0.2) is 48.5 Å². The van der Waals surface area contributed by atoms with E-state index in [-0.39, 0.29) is 23.6 Å². The molecule has 1 heterocycles. The number of nitrogens with one attached hydrogen (secondary N) is 2. The molecule has 0 aliphatic carbocycles. The molecule has 3 amide bonds. The van der Waals surface area contributed by atoms with Crippen molar-refractivity contribution in [2.75, 3.05) is 26.7 Å². The molecule has 1 aliphatic rings. The molecular weight excluding hydrogens is 442 g/mol. The Morgan fingerprint density at radius 1 is 1.09 bits per heavy atom. The van der Waals surface area contributed by atoms with Crippen molar-refractivity contribution in [2.45, 2.75) is 32.2 Å². The second kappa shape index (κ2) is 11.7. The third-order valence-corrected chi connectivity index (χ3v) is 6.09. The first-order chi connectivity index (χ1) is 15.9. The van der Waals surface area contributed by atoms with E-state index in [0.717, 1.165) is 6.42 Å². The van der Waals surface area contributed by atoms with Gasteiger partial charge in [0.2, 0.25) is 5.91 Å². The van der Waals surface area contributed by atoms with Crippen molar-refractivity contribution in [1.29, 1.82) is 0 Å². The fourth-order valence-electron chi connectivity index (χ4n) is 3.96. The molecule has 176 valence electrons. The van der Waals surface area contributed by atoms with Crippen LogP contribution in [0.5, 0.6) is 5.75 Å². The largest absolute Gasteiger partial charge is 0.497 e. The summed E-state index contributed by atoms with van der Waals surface area (Å²) >= 11 is 5.92. The zero-order valence-corrected chi connectivity index (χ0v) is 19.7. The number of piperidine rings is 1. The molecule has 1 saturated heterocycles. The van der Waals surface area contributed by atoms with E-state index in [9.17, 15) is 14.4 Å². The highest BCUT2D eigenvalue weighted by Crippen LogP contribution is 2.24. The molecule has 2 N–H and O–H groups in total. The van der Waals surface area contributed by atoms with Gasteiger partial charge >= 0.3 is 0 Å². The van der Waals surface area contributed by atoms with Gasteiger partial charge < -0.3 is 20.3 Å². The highest BCUT2D eigenvalue weighted by Gasteiger charge is 2.34. The highest BCUT2D eigenvalue weighted by molar-refractivity contribution is 6.30. The Kier molecular flexibility index (Phi) is 8.72. The van der Waals surface area contributed by atoms with Crippen molar-refractivity contribution < 1.29 is 19.1 Å². The summed E-state index contributed by atoms with van der Waals surface area (Å²) in [4.78, 5) is 40.4. The monoisotopic (exact) mass is 471 g/mol. The van der Waals surface area contributed by atoms with Gasteiger partial charge in [0.1, 0.15) is 11.8 Å². The van der Waals surface area contributed by atoms with Crippen molar-refractivity contribution in [3.8, 4) is 5.75 Å². The van der Waals surface area contributed by atoms with Crippen molar-refractivity contribution in [1.82, 2.24) is 15.5 Å². The summed E-state index contributed by atoms with van der Waals surface area (Å²) in [7, 11) is 1.54. The molecule has 0 aromatic heterocycles. The number of benzene rings is 2. The van der Waals surface area contributed by atoms with Gasteiger partial charge in [-0.15, -0.1) is 0 Å². The van der Waals surface area contributed by atoms with Crippen LogP contribution in [-0.2, 0) is 4.79 Å². The fourth-order valence-corrected chi connectivity index (χ4v) is 4.08. The van der Waals surface area contributed by atoms with Crippen molar-refractivity contribution in [3.05, 3.63) is 64.7 Å². The molecule has 1 atom stereocenters. The fraction of sp³-hybridized carbons (Fsp3) is 0.400. The van der Waals surface area contributed by atoms with Crippen LogP contribution in [0.4, 0.5) is 0 Å². The molecule has 2 aromatic rings. The van der Waals surface area contributed by atoms with Crippen LogP contribution >= 0.6 is 11.6 Å². The number of likely N-dealkylation sites (tertiary alicyclic amines) is 1. The first kappa shape index (κ1) is 24.6. The maximum absolute atomic E-state index is 12.9. The number of carbonyl (C=O) groups excluding carboxylic acids is 3. The van der Waals surface area contributed by atoms with Gasteiger partial charge in [-0.1, -0.05) is 24.6 Å². The Morgan fingerprint density at radius 3 is 2.42 bits per heavy atom. The molecule has 7 nitrogen and oxygen atoms in total. The first-order valence-electron chi connectivity index (χ1n) is 11.2. The van der Waals surface area contributed by atoms with Gasteiger partial charge in [-0.2, -0.15) is 0 Å². The van der Waals surface area contributed by atoms with E-state index in [2.05, 4.69) is 10.6 Å². The van der Waals surface area contributed by atoms with Gasteiger partial charge in [0.15, 0.2) is 0 Å². The van der Waals surface area contributed by atoms with Gasteiger partial charge in [0.05, 0.1) is 7.11 Å². The molecule has 1 unspecified atom stereocenters. The number of amides is 3. The smallest absolute Gasteiger partial charge is 0.253 e. The van der Waals surface area contributed by atoms with Gasteiger partial charge in [0, 0.05) is 35.8 Å². The third-order valence-electron chi connectivity index (χ3n) is 5.84. The van der Waals surface area contributed by atoms with E-state index < -0.39 is 6.04 Å². The van der Waals surface area contributed by atoms with Crippen LogP contribution in [0.2, 0.25) is 5.02 Å². The molecule has 1 fully saturated rings. The van der Waals surface area contributed by atoms with E-state index in [1.807, 2.05) is 6.92 Å². The number of ether oxygens (including phenoxy) is 1. The van der Waals surface area contributed by atoms with Crippen LogP contribution < -0.4 is 15.4 Å². The second-order valence-electron chi connectivity index (χ2n) is 8.11. The molecule has 0 radical (unpaired) electrons. The van der Waals surface area contributed by atoms with Crippen LogP contribution in [0, 0.1) is 5.92 Å². The maximum Gasteiger partial charge on any atom is 0.253 e. The van der Waals surface area contributed by atoms with E-state index in [0.29, 0.717) is 54.4 Å². The number of carbonyl (C=O) groups is 3. The maximum atomic E-state index is 12.9. The Labute approximate surface area is 199 Å². The first-order valence-corrected chi connectivity index (χ1v) is 11.6. The Balaban J connectivity index is 1.68. The molecule has 0 saturated carbocycles. The third kappa shape index (κ3) is 6.48. The van der Waals surface area contributed by atoms with Gasteiger partial charge in [0.25, 0.3) is 11.8 Å². The Bertz CT molecular complexity index is 972. The van der Waals surface area contributed by atoms with E-state index >= 15 is 0 Å². The van der Waals surface area contributed by atoms with Gasteiger partial charge in [-0.3, -0.25) is 14.4 Å². The number of halogens is 1. The molecule has 0 spiro atoms. The molecule has 8 heteroatoms. The molecule has 33 heavy (non-hydrogen) atoms. The highest BCUT2D eigenvalue weighted by atomic mass is 35.5. The number of hydrogen-bond acceptors (Lipinski definition) is 4. The molecule has 0 bridgehead atoms. The minimum atomic E-state index is -0.678. The second-order valence-corrected chi connectivity index (χ2v) is 8.55. The number of nitrogens with zero attached hydrogens (tertiary/aromatic N) is 1. The summed E-state index contributed by atoms with van der Waals surface area (Å²) < 4.78 is 5.20. The Morgan fingerprint density at radius 2 is 1.79 bits per heavy atom. The van der Waals surface area contributed by atoms with Crippen molar-refractivity contribution >= 4 is 29.3 Å². The summed E-state index contributed by atoms with van der Waals surface area (Å²) in [6.07, 6.45) is 2.03. The lowest BCUT2D eigenvalue weighted by atomic mass is 9.88. The van der Waals surface area contributed by atoms with E-state index in [1.54, 1.807) is 53.4 Å². The number of rotatable bonds is 8. The summed E-state index contributed by atoms with van der Waals surface area (Å²) in [5, 5.41) is 6.40. The van der Waals surface area contributed by atoms with Crippen LogP contribution in [-0.4, -0.2) is 55.4 Å². The van der Waals surface area contributed by atoms with E-state index in [1.165, 1.54) is 7.11 Å². The van der Waals surface area contributed by atoms with Crippen LogP contribution in [0.1, 0.15) is 46.9 Å². The van der Waals surface area contributed by atoms with E-state index in [4.69, 9.17) is 16.3 Å². The zero-order valence-electron chi connectivity index (χ0n) is 19.0. The Hall–Kier alpha value is -3.06. The molecule has 1 aliphatic heterocycles. The minimum absolute atomic E-state index is 0.0579. The summed E-state index contributed by atoms with van der Waals surface area (Å²) in [5.41, 5.74) is 1.01. The van der Waals surface area contributed by atoms with Gasteiger partial charge in [-0.05, 0) is 67.6 Å². The standard InChI is InChI=1S/C25H30ClN3O4/c1-3-13-27-24(31)22(28-23(30)19-5-4-6-21(16-19)33-2)17-11-14-29(15-12-17)25(32)18-7-9-20(26)10-8-18/h4-10,16-17,22H,3,11-15H2,1-2H3,(H,27,31)(H,28,30). The minimum Gasteiger partial charge on any atom is -0.497 e. The summed E-state index contributed by atoms with van der Waals surface area (Å²) in [6, 6.07) is 13.0. The summed E-state index contributed by atoms with van der Waals surface area (Å²) in [5.74, 6) is -0.0901. The normalized spacial score (nSPS) is 14.9. The summed E-state index contributed by atoms with van der Waals surface area (Å²) in [6.45, 7) is 3.54. The lowest BCUT2D eigenvalue weighted by Crippen LogP contribution is -2.54. The predicted molar refractivity (Wildman–Crippen MR) is 128 cm³/mol. The molecule has 3 rings (SSSR count). The van der Waals surface area contributed by atoms with Gasteiger partial charge in [-0.25, -0.2) is 0 Å². The quantitative estimate of drug-likeness (QED) is 0.616. The van der Waals surface area contributed by atoms with Crippen LogP contribution in [0.25, 0.3) is 0 Å². The number of hydrogen-bond donors (Lipinski definition) is 2. The number of methoxy groups -OCH3 is 1. The molecular formula is C25H30ClN3O4. The SMILES string of the molecule is CCCNC(=O)C(NC(=O)c1cccc(OC)c1)C1CCN(C(=O)c2ccc(Cl)cc2)CC1. The van der Waals surface area contributed by atoms with Crippen molar-refractivity contribution in [2.24, 2.45) is 5.92 Å². The topological polar surface area (TPSA) is 87.7 Å². The van der Waals surface area contributed by atoms with Crippen LogP contribution in [0.3, 0.4) is 0 Å². The van der Waals surface area contributed by atoms with Crippen molar-refractivity contribution in [3.63, 3.8) is 0 Å². The lowest BCUT2D eigenvalue weighted by molar-refractivity contribution is -0.124. The average molecular weight is 472 g/mol.